The number of fused-ring (bicyclic) bond motifs is 1. The Morgan fingerprint density at radius 3 is 2.81 bits per heavy atom. The zero-order valence-corrected chi connectivity index (χ0v) is 12.3. The number of carbonyl (C=O) groups excluding carboxylic acids is 1. The van der Waals surface area contributed by atoms with Gasteiger partial charge < -0.3 is 9.13 Å². The number of imidazole rings is 2. The Balaban J connectivity index is 1.96. The van der Waals surface area contributed by atoms with Crippen LogP contribution >= 0.6 is 0 Å². The van der Waals surface area contributed by atoms with Crippen molar-refractivity contribution in [3.8, 4) is 0 Å². The number of Topliss-reactive ketones (excluding diaryl/α,β-unsaturated/α-hetero) is 1. The van der Waals surface area contributed by atoms with Crippen LogP contribution in [0.1, 0.15) is 29.7 Å². The highest BCUT2D eigenvalue weighted by molar-refractivity contribution is 5.95. The number of para-hydroxylation sites is 2. The summed E-state index contributed by atoms with van der Waals surface area (Å²) in [7, 11) is 1.86. The van der Waals surface area contributed by atoms with Crippen LogP contribution in [0.5, 0.6) is 0 Å². The second-order valence-electron chi connectivity index (χ2n) is 5.19. The molecule has 0 saturated heterocycles. The quantitative estimate of drug-likeness (QED) is 0.676. The summed E-state index contributed by atoms with van der Waals surface area (Å²) in [6, 6.07) is 8.00. The van der Waals surface area contributed by atoms with Gasteiger partial charge in [-0.15, -0.1) is 0 Å². The first-order valence-corrected chi connectivity index (χ1v) is 7.14. The third-order valence-corrected chi connectivity index (χ3v) is 3.49. The maximum Gasteiger partial charge on any atom is 0.190 e. The van der Waals surface area contributed by atoms with Crippen LogP contribution in [0.15, 0.2) is 36.8 Å². The van der Waals surface area contributed by atoms with Crippen molar-refractivity contribution >= 4 is 16.8 Å². The Morgan fingerprint density at radius 1 is 1.29 bits per heavy atom. The largest absolute Gasteiger partial charge is 0.340 e. The topological polar surface area (TPSA) is 52.7 Å². The van der Waals surface area contributed by atoms with E-state index in [0.717, 1.165) is 29.8 Å². The number of rotatable bonds is 5. The average molecular weight is 282 g/mol. The van der Waals surface area contributed by atoms with Crippen molar-refractivity contribution in [3.63, 3.8) is 0 Å². The van der Waals surface area contributed by atoms with Crippen molar-refractivity contribution in [2.75, 3.05) is 0 Å². The Labute approximate surface area is 123 Å². The van der Waals surface area contributed by atoms with Crippen LogP contribution in [0.25, 0.3) is 11.0 Å². The standard InChI is InChI=1S/C16H18N4O/c1-3-8-20-14-7-5-4-6-12(14)18-16(20)9-15(21)13-10-19(2)11-17-13/h4-7,10-11H,3,8-9H2,1-2H3. The number of nitrogens with zero attached hydrogens (tertiary/aromatic N) is 4. The van der Waals surface area contributed by atoms with Crippen LogP contribution in [0.2, 0.25) is 0 Å². The molecule has 0 aliphatic rings. The van der Waals surface area contributed by atoms with Gasteiger partial charge in [-0.1, -0.05) is 19.1 Å². The monoisotopic (exact) mass is 282 g/mol. The summed E-state index contributed by atoms with van der Waals surface area (Å²) in [6.07, 6.45) is 4.67. The van der Waals surface area contributed by atoms with Gasteiger partial charge in [0.05, 0.1) is 23.8 Å². The average Bonchev–Trinajstić information content (AvgIpc) is 3.04. The molecule has 1 aromatic carbocycles. The normalized spacial score (nSPS) is 11.1. The predicted molar refractivity (Wildman–Crippen MR) is 81.3 cm³/mol. The van der Waals surface area contributed by atoms with Gasteiger partial charge in [-0.25, -0.2) is 9.97 Å². The predicted octanol–water partition coefficient (Wildman–Crippen LogP) is 2.61. The molecule has 3 rings (SSSR count). The van der Waals surface area contributed by atoms with E-state index in [1.807, 2.05) is 31.3 Å². The highest BCUT2D eigenvalue weighted by Crippen LogP contribution is 2.18. The minimum Gasteiger partial charge on any atom is -0.340 e. The molecule has 0 atom stereocenters. The van der Waals surface area contributed by atoms with E-state index in [1.54, 1.807) is 17.1 Å². The molecule has 0 saturated carbocycles. The van der Waals surface area contributed by atoms with Crippen molar-refractivity contribution in [1.29, 1.82) is 0 Å². The van der Waals surface area contributed by atoms with E-state index in [2.05, 4.69) is 21.5 Å². The summed E-state index contributed by atoms with van der Waals surface area (Å²) in [4.78, 5) is 21.1. The van der Waals surface area contributed by atoms with Crippen LogP contribution in [0, 0.1) is 0 Å². The molecular weight excluding hydrogens is 264 g/mol. The number of aromatic nitrogens is 4. The molecule has 0 amide bonds. The molecule has 3 aromatic rings. The fourth-order valence-corrected chi connectivity index (χ4v) is 2.52. The van der Waals surface area contributed by atoms with E-state index in [0.29, 0.717) is 5.69 Å². The lowest BCUT2D eigenvalue weighted by Gasteiger charge is -2.06. The van der Waals surface area contributed by atoms with Crippen LogP contribution in [-0.2, 0) is 20.0 Å². The molecule has 0 aliphatic heterocycles. The van der Waals surface area contributed by atoms with E-state index < -0.39 is 0 Å². The van der Waals surface area contributed by atoms with Crippen LogP contribution in [0.3, 0.4) is 0 Å². The number of aryl methyl sites for hydroxylation is 2. The fraction of sp³-hybridized carbons (Fsp3) is 0.312. The molecular formula is C16H18N4O. The first-order valence-electron chi connectivity index (χ1n) is 7.14. The molecule has 0 aliphatic carbocycles. The molecule has 0 unspecified atom stereocenters. The lowest BCUT2D eigenvalue weighted by Crippen LogP contribution is -2.11. The van der Waals surface area contributed by atoms with E-state index in [9.17, 15) is 4.79 Å². The van der Waals surface area contributed by atoms with Gasteiger partial charge in [0.2, 0.25) is 0 Å². The highest BCUT2D eigenvalue weighted by Gasteiger charge is 2.16. The van der Waals surface area contributed by atoms with Gasteiger partial charge in [0.1, 0.15) is 11.5 Å². The Hall–Kier alpha value is -2.43. The Kier molecular flexibility index (Phi) is 3.56. The maximum atomic E-state index is 12.3. The zero-order chi connectivity index (χ0) is 14.8. The minimum absolute atomic E-state index is 0.00302. The molecule has 2 aromatic heterocycles. The van der Waals surface area contributed by atoms with E-state index >= 15 is 0 Å². The van der Waals surface area contributed by atoms with Gasteiger partial charge in [-0.2, -0.15) is 0 Å². The highest BCUT2D eigenvalue weighted by atomic mass is 16.1. The second kappa shape index (κ2) is 5.52. The minimum atomic E-state index is 0.00302. The molecule has 5 heteroatoms. The second-order valence-corrected chi connectivity index (χ2v) is 5.19. The van der Waals surface area contributed by atoms with Crippen molar-refractivity contribution in [2.24, 2.45) is 7.05 Å². The molecule has 0 spiro atoms. The third kappa shape index (κ3) is 2.59. The lowest BCUT2D eigenvalue weighted by atomic mass is 10.2. The summed E-state index contributed by atoms with van der Waals surface area (Å²) in [6.45, 7) is 2.99. The number of hydrogen-bond acceptors (Lipinski definition) is 3. The fourth-order valence-electron chi connectivity index (χ4n) is 2.52. The maximum absolute atomic E-state index is 12.3. The van der Waals surface area contributed by atoms with Gasteiger partial charge in [0, 0.05) is 19.8 Å². The Bertz CT molecular complexity index is 785. The van der Waals surface area contributed by atoms with Crippen molar-refractivity contribution in [3.05, 3.63) is 48.3 Å². The summed E-state index contributed by atoms with van der Waals surface area (Å²) < 4.78 is 3.92. The zero-order valence-electron chi connectivity index (χ0n) is 12.3. The lowest BCUT2D eigenvalue weighted by molar-refractivity contribution is 0.0985. The van der Waals surface area contributed by atoms with Crippen molar-refractivity contribution in [1.82, 2.24) is 19.1 Å². The summed E-state index contributed by atoms with van der Waals surface area (Å²) >= 11 is 0. The number of carbonyl (C=O) groups is 1. The van der Waals surface area contributed by atoms with Crippen molar-refractivity contribution < 1.29 is 4.79 Å². The number of hydrogen-bond donors (Lipinski definition) is 0. The molecule has 2 heterocycles. The first-order chi connectivity index (χ1) is 10.2. The molecule has 0 fully saturated rings. The molecule has 0 bridgehead atoms. The third-order valence-electron chi connectivity index (χ3n) is 3.49. The number of ketones is 1. The molecule has 0 radical (unpaired) electrons. The van der Waals surface area contributed by atoms with Gasteiger partial charge in [0.25, 0.3) is 0 Å². The SMILES string of the molecule is CCCn1c(CC(=O)c2cn(C)cn2)nc2ccccc21. The van der Waals surface area contributed by atoms with Crippen LogP contribution in [0.4, 0.5) is 0 Å². The van der Waals surface area contributed by atoms with Crippen LogP contribution < -0.4 is 0 Å². The van der Waals surface area contributed by atoms with E-state index in [4.69, 9.17) is 0 Å². The smallest absolute Gasteiger partial charge is 0.190 e. The molecule has 108 valence electrons. The van der Waals surface area contributed by atoms with Gasteiger partial charge in [0.15, 0.2) is 5.78 Å². The summed E-state index contributed by atoms with van der Waals surface area (Å²) in [5, 5.41) is 0. The number of benzene rings is 1. The first kappa shape index (κ1) is 13.5. The van der Waals surface area contributed by atoms with Crippen LogP contribution in [-0.4, -0.2) is 24.9 Å². The van der Waals surface area contributed by atoms with Gasteiger partial charge in [-0.3, -0.25) is 4.79 Å². The van der Waals surface area contributed by atoms with Gasteiger partial charge >= 0.3 is 0 Å². The summed E-state index contributed by atoms with van der Waals surface area (Å²) in [5.74, 6) is 0.817. The molecule has 0 N–H and O–H groups in total. The molecule has 5 nitrogen and oxygen atoms in total. The van der Waals surface area contributed by atoms with E-state index in [-0.39, 0.29) is 12.2 Å². The molecule has 21 heavy (non-hydrogen) atoms. The Morgan fingerprint density at radius 2 is 2.10 bits per heavy atom. The van der Waals surface area contributed by atoms with Crippen molar-refractivity contribution in [2.45, 2.75) is 26.3 Å². The van der Waals surface area contributed by atoms with E-state index in [1.165, 1.54) is 0 Å². The van der Waals surface area contributed by atoms with Gasteiger partial charge in [-0.05, 0) is 18.6 Å². The summed E-state index contributed by atoms with van der Waals surface area (Å²) in [5.41, 5.74) is 2.52.